The van der Waals surface area contributed by atoms with Gasteiger partial charge in [0.05, 0.1) is 20.3 Å². The first-order valence-corrected chi connectivity index (χ1v) is 9.16. The fourth-order valence-corrected chi connectivity index (χ4v) is 2.97. The lowest BCUT2D eigenvalue weighted by atomic mass is 9.96. The van der Waals surface area contributed by atoms with E-state index in [9.17, 15) is 14.7 Å². The van der Waals surface area contributed by atoms with Gasteiger partial charge in [-0.1, -0.05) is 60.7 Å². The molecule has 152 valence electrons. The zero-order valence-corrected chi connectivity index (χ0v) is 16.6. The number of hydrogen-bond acceptors (Lipinski definition) is 6. The quantitative estimate of drug-likeness (QED) is 0.361. The van der Waals surface area contributed by atoms with Crippen molar-refractivity contribution in [3.05, 3.63) is 84.6 Å². The van der Waals surface area contributed by atoms with Crippen LogP contribution in [0.3, 0.4) is 0 Å². The predicted octanol–water partition coefficient (Wildman–Crippen LogP) is 4.37. The highest BCUT2D eigenvalue weighted by Crippen LogP contribution is 2.41. The summed E-state index contributed by atoms with van der Waals surface area (Å²) in [4.78, 5) is 23.8. The number of carbonyl (C=O) groups is 2. The van der Waals surface area contributed by atoms with Gasteiger partial charge in [-0.3, -0.25) is 0 Å². The van der Waals surface area contributed by atoms with Crippen LogP contribution in [0.15, 0.2) is 84.6 Å². The summed E-state index contributed by atoms with van der Waals surface area (Å²) in [6.45, 7) is 0. The van der Waals surface area contributed by atoms with Crippen molar-refractivity contribution in [3.8, 4) is 28.0 Å². The van der Waals surface area contributed by atoms with Crippen LogP contribution in [0.25, 0.3) is 22.3 Å². The first kappa shape index (κ1) is 20.7. The van der Waals surface area contributed by atoms with Crippen LogP contribution in [0.5, 0.6) is 5.75 Å². The van der Waals surface area contributed by atoms with Gasteiger partial charge in [0, 0.05) is 16.8 Å². The predicted molar refractivity (Wildman–Crippen MR) is 115 cm³/mol. The molecule has 0 amide bonds. The summed E-state index contributed by atoms with van der Waals surface area (Å²) in [5, 5.41) is 13.9. The van der Waals surface area contributed by atoms with Crippen molar-refractivity contribution in [1.82, 2.24) is 0 Å². The Morgan fingerprint density at radius 1 is 0.833 bits per heavy atom. The highest BCUT2D eigenvalue weighted by Gasteiger charge is 2.17. The molecule has 6 heteroatoms. The largest absolute Gasteiger partial charge is 0.507 e. The molecule has 0 atom stereocenters. The number of hydrogen-bond donors (Lipinski definition) is 2. The molecule has 0 aromatic heterocycles. The second kappa shape index (κ2) is 9.43. The van der Waals surface area contributed by atoms with Crippen molar-refractivity contribution in [2.75, 3.05) is 19.5 Å². The smallest absolute Gasteiger partial charge is 0.354 e. The van der Waals surface area contributed by atoms with Crippen molar-refractivity contribution < 1.29 is 24.2 Å². The molecule has 0 aliphatic rings. The Labute approximate surface area is 174 Å². The molecule has 0 saturated carbocycles. The number of ether oxygens (including phenoxy) is 2. The third kappa shape index (κ3) is 4.67. The third-order valence-corrected chi connectivity index (χ3v) is 4.43. The molecule has 0 aliphatic carbocycles. The van der Waals surface area contributed by atoms with E-state index in [4.69, 9.17) is 4.74 Å². The lowest BCUT2D eigenvalue weighted by molar-refractivity contribution is -0.138. The minimum absolute atomic E-state index is 0.0898. The lowest BCUT2D eigenvalue weighted by Crippen LogP contribution is -2.15. The van der Waals surface area contributed by atoms with E-state index in [0.717, 1.165) is 17.2 Å². The van der Waals surface area contributed by atoms with Gasteiger partial charge in [0.1, 0.15) is 11.4 Å². The molecule has 30 heavy (non-hydrogen) atoms. The molecule has 0 saturated heterocycles. The van der Waals surface area contributed by atoms with E-state index in [1.165, 1.54) is 14.2 Å². The van der Waals surface area contributed by atoms with Crippen LogP contribution >= 0.6 is 0 Å². The molecule has 3 aromatic carbocycles. The Morgan fingerprint density at radius 3 is 1.77 bits per heavy atom. The summed E-state index contributed by atoms with van der Waals surface area (Å²) in [5.41, 5.74) is 3.14. The molecule has 0 aliphatic heterocycles. The van der Waals surface area contributed by atoms with Crippen LogP contribution in [0.4, 0.5) is 5.69 Å². The van der Waals surface area contributed by atoms with Crippen LogP contribution in [0, 0.1) is 0 Å². The van der Waals surface area contributed by atoms with Crippen LogP contribution in [-0.4, -0.2) is 31.3 Å². The molecule has 0 fully saturated rings. The molecular formula is C24H21NO5. The number of esters is 2. The number of methoxy groups -OCH3 is 2. The topological polar surface area (TPSA) is 84.9 Å². The Hall–Kier alpha value is -4.06. The first-order chi connectivity index (χ1) is 14.5. The number of anilines is 1. The molecule has 0 radical (unpaired) electrons. The second-order valence-corrected chi connectivity index (χ2v) is 6.35. The van der Waals surface area contributed by atoms with Gasteiger partial charge in [-0.05, 0) is 23.3 Å². The van der Waals surface area contributed by atoms with E-state index >= 15 is 0 Å². The second-order valence-electron chi connectivity index (χ2n) is 6.35. The van der Waals surface area contributed by atoms with E-state index < -0.39 is 11.9 Å². The maximum absolute atomic E-state index is 12.1. The number of rotatable bonds is 6. The summed E-state index contributed by atoms with van der Waals surface area (Å²) in [6.07, 6.45) is 1.02. The average Bonchev–Trinajstić information content (AvgIpc) is 2.80. The molecule has 0 unspecified atom stereocenters. The minimum Gasteiger partial charge on any atom is -0.507 e. The van der Waals surface area contributed by atoms with Crippen molar-refractivity contribution in [1.29, 1.82) is 0 Å². The number of carbonyl (C=O) groups excluding carboxylic acids is 2. The zero-order chi connectivity index (χ0) is 21.5. The van der Waals surface area contributed by atoms with Gasteiger partial charge in [-0.2, -0.15) is 0 Å². The molecule has 3 rings (SSSR count). The van der Waals surface area contributed by atoms with Gasteiger partial charge in [0.15, 0.2) is 0 Å². The van der Waals surface area contributed by atoms with E-state index in [1.807, 2.05) is 60.7 Å². The van der Waals surface area contributed by atoms with Crippen LogP contribution in [0.2, 0.25) is 0 Å². The third-order valence-electron chi connectivity index (χ3n) is 4.43. The molecule has 6 nitrogen and oxygen atoms in total. The summed E-state index contributed by atoms with van der Waals surface area (Å²) < 4.78 is 9.37. The monoisotopic (exact) mass is 403 g/mol. The molecule has 0 heterocycles. The highest BCUT2D eigenvalue weighted by atomic mass is 16.5. The Balaban J connectivity index is 2.15. The number of benzene rings is 3. The van der Waals surface area contributed by atoms with E-state index in [0.29, 0.717) is 16.8 Å². The van der Waals surface area contributed by atoms with Crippen molar-refractivity contribution >= 4 is 17.6 Å². The molecule has 0 spiro atoms. The summed E-state index contributed by atoms with van der Waals surface area (Å²) in [6, 6.07) is 22.1. The van der Waals surface area contributed by atoms with Crippen LogP contribution in [0.1, 0.15) is 0 Å². The Morgan fingerprint density at radius 2 is 1.33 bits per heavy atom. The fourth-order valence-electron chi connectivity index (χ4n) is 2.97. The van der Waals surface area contributed by atoms with Gasteiger partial charge in [-0.15, -0.1) is 0 Å². The number of nitrogens with one attached hydrogen (secondary N) is 1. The first-order valence-electron chi connectivity index (χ1n) is 9.16. The number of phenols is 1. The highest BCUT2D eigenvalue weighted by molar-refractivity contribution is 5.99. The van der Waals surface area contributed by atoms with Crippen molar-refractivity contribution in [3.63, 3.8) is 0 Å². The van der Waals surface area contributed by atoms with E-state index in [2.05, 4.69) is 10.1 Å². The lowest BCUT2D eigenvalue weighted by Gasteiger charge is -2.16. The molecule has 3 aromatic rings. The van der Waals surface area contributed by atoms with Crippen molar-refractivity contribution in [2.45, 2.75) is 0 Å². The van der Waals surface area contributed by atoms with Crippen molar-refractivity contribution in [2.24, 2.45) is 0 Å². The molecular weight excluding hydrogens is 382 g/mol. The minimum atomic E-state index is -0.726. The van der Waals surface area contributed by atoms with Gasteiger partial charge >= 0.3 is 11.9 Å². The summed E-state index contributed by atoms with van der Waals surface area (Å²) in [7, 11) is 2.44. The van der Waals surface area contributed by atoms with Gasteiger partial charge in [-0.25, -0.2) is 9.59 Å². The maximum atomic E-state index is 12.1. The standard InChI is InChI=1S/C24H21NO5/c1-29-22(26)15-21(24(28)30-2)25-18-13-19(16-9-5-3-6-10-16)23(27)20(14-18)17-11-7-4-8-12-17/h3-15,25,27H,1-2H3/b21-15+. The van der Waals surface area contributed by atoms with Gasteiger partial charge in [0.25, 0.3) is 0 Å². The Kier molecular flexibility index (Phi) is 6.49. The van der Waals surface area contributed by atoms with E-state index in [-0.39, 0.29) is 11.4 Å². The van der Waals surface area contributed by atoms with Gasteiger partial charge in [0.2, 0.25) is 0 Å². The summed E-state index contributed by atoms with van der Waals surface area (Å²) in [5.74, 6) is -1.32. The fraction of sp³-hybridized carbons (Fsp3) is 0.0833. The average molecular weight is 403 g/mol. The van der Waals surface area contributed by atoms with Gasteiger partial charge < -0.3 is 19.9 Å². The maximum Gasteiger partial charge on any atom is 0.354 e. The molecule has 0 bridgehead atoms. The molecule has 2 N–H and O–H groups in total. The Bertz CT molecular complexity index is 1010. The normalized spacial score (nSPS) is 10.9. The van der Waals surface area contributed by atoms with E-state index in [1.54, 1.807) is 12.1 Å². The summed E-state index contributed by atoms with van der Waals surface area (Å²) >= 11 is 0. The van der Waals surface area contributed by atoms with Crippen LogP contribution in [-0.2, 0) is 19.1 Å². The number of phenolic OH excluding ortho intramolecular Hbond substituents is 1. The van der Waals surface area contributed by atoms with Crippen LogP contribution < -0.4 is 5.32 Å². The SMILES string of the molecule is COC(=O)/C=C(/Nc1cc(-c2ccccc2)c(O)c(-c2ccccc2)c1)C(=O)OC. The zero-order valence-electron chi connectivity index (χ0n) is 16.6. The number of aromatic hydroxyl groups is 1.